The van der Waals surface area contributed by atoms with Gasteiger partial charge in [-0.25, -0.2) is 0 Å². The molecule has 0 atom stereocenters. The highest BCUT2D eigenvalue weighted by Crippen LogP contribution is 2.09. The number of amides is 1. The second-order valence-electron chi connectivity index (χ2n) is 5.31. The van der Waals surface area contributed by atoms with Crippen LogP contribution >= 0.6 is 0 Å². The number of rotatable bonds is 6. The Balaban J connectivity index is 4.38. The molecule has 0 saturated carbocycles. The maximum Gasteiger partial charge on any atom is 0.224 e. The van der Waals surface area contributed by atoms with Gasteiger partial charge in [0.05, 0.1) is 12.5 Å². The smallest absolute Gasteiger partial charge is 0.224 e. The summed E-state index contributed by atoms with van der Waals surface area (Å²) in [6, 6.07) is 2.06. The molecular formula is C12H23N3O. The molecule has 0 unspecified atom stereocenters. The first kappa shape index (κ1) is 14.9. The number of carbonyl (C=O) groups is 1. The van der Waals surface area contributed by atoms with Crippen molar-refractivity contribution in [3.63, 3.8) is 0 Å². The normalized spacial score (nSPS) is 11.3. The highest BCUT2D eigenvalue weighted by molar-refractivity contribution is 5.77. The quantitative estimate of drug-likeness (QED) is 0.745. The van der Waals surface area contributed by atoms with Crippen molar-refractivity contribution in [3.8, 4) is 6.07 Å². The molecule has 0 aliphatic carbocycles. The maximum atomic E-state index is 11.9. The van der Waals surface area contributed by atoms with Crippen LogP contribution in [0.4, 0.5) is 0 Å². The van der Waals surface area contributed by atoms with E-state index in [0.717, 1.165) is 0 Å². The van der Waals surface area contributed by atoms with Crippen LogP contribution in [-0.2, 0) is 4.79 Å². The Morgan fingerprint density at radius 3 is 2.44 bits per heavy atom. The van der Waals surface area contributed by atoms with E-state index in [1.807, 2.05) is 13.8 Å². The minimum atomic E-state index is -0.487. The molecule has 0 aliphatic rings. The lowest BCUT2D eigenvalue weighted by Gasteiger charge is -2.27. The van der Waals surface area contributed by atoms with Crippen LogP contribution in [0.15, 0.2) is 0 Å². The average molecular weight is 225 g/mol. The third kappa shape index (κ3) is 7.24. The molecule has 2 N–H and O–H groups in total. The van der Waals surface area contributed by atoms with Crippen LogP contribution in [0.1, 0.15) is 40.5 Å². The number of nitriles is 1. The molecule has 4 heteroatoms. The topological polar surface area (TPSA) is 70.1 Å². The molecule has 0 aromatic heterocycles. The zero-order valence-corrected chi connectivity index (χ0v) is 10.8. The average Bonchev–Trinajstić information content (AvgIpc) is 2.08. The van der Waals surface area contributed by atoms with Gasteiger partial charge in [0, 0.05) is 25.0 Å². The van der Waals surface area contributed by atoms with Crippen LogP contribution in [0.3, 0.4) is 0 Å². The van der Waals surface area contributed by atoms with Crippen molar-refractivity contribution >= 4 is 5.91 Å². The molecule has 0 aliphatic heterocycles. The predicted octanol–water partition coefficient (Wildman–Crippen LogP) is 1.51. The van der Waals surface area contributed by atoms with Gasteiger partial charge in [0.25, 0.3) is 0 Å². The Bertz CT molecular complexity index is 260. The van der Waals surface area contributed by atoms with E-state index in [1.54, 1.807) is 4.90 Å². The van der Waals surface area contributed by atoms with Crippen LogP contribution in [0.25, 0.3) is 0 Å². The van der Waals surface area contributed by atoms with Crippen molar-refractivity contribution in [2.24, 2.45) is 11.7 Å². The van der Waals surface area contributed by atoms with Crippen molar-refractivity contribution in [3.05, 3.63) is 0 Å². The van der Waals surface area contributed by atoms with E-state index in [9.17, 15) is 4.79 Å². The Hall–Kier alpha value is -1.08. The van der Waals surface area contributed by atoms with Gasteiger partial charge in [0.1, 0.15) is 0 Å². The minimum Gasteiger partial charge on any atom is -0.341 e. The van der Waals surface area contributed by atoms with E-state index in [-0.39, 0.29) is 5.91 Å². The van der Waals surface area contributed by atoms with Crippen molar-refractivity contribution in [1.29, 1.82) is 5.26 Å². The fourth-order valence-electron chi connectivity index (χ4n) is 1.45. The zero-order valence-electron chi connectivity index (χ0n) is 10.8. The molecule has 1 amide bonds. The van der Waals surface area contributed by atoms with Gasteiger partial charge in [0.15, 0.2) is 0 Å². The highest BCUT2D eigenvalue weighted by atomic mass is 16.2. The third-order valence-corrected chi connectivity index (χ3v) is 2.04. The minimum absolute atomic E-state index is 0.0384. The fourth-order valence-corrected chi connectivity index (χ4v) is 1.45. The summed E-state index contributed by atoms with van der Waals surface area (Å²) in [5, 5.41) is 8.55. The van der Waals surface area contributed by atoms with Gasteiger partial charge in [-0.05, 0) is 19.8 Å². The van der Waals surface area contributed by atoms with Gasteiger partial charge >= 0.3 is 0 Å². The number of nitrogens with two attached hydrogens (primary N) is 1. The van der Waals surface area contributed by atoms with Crippen LogP contribution in [0.2, 0.25) is 0 Å². The molecule has 0 heterocycles. The zero-order chi connectivity index (χ0) is 12.8. The summed E-state index contributed by atoms with van der Waals surface area (Å²) in [6.45, 7) is 8.98. The van der Waals surface area contributed by atoms with E-state index in [1.165, 1.54) is 0 Å². The molecule has 0 aromatic carbocycles. The lowest BCUT2D eigenvalue weighted by atomic mass is 10.0. The van der Waals surface area contributed by atoms with E-state index < -0.39 is 5.54 Å². The van der Waals surface area contributed by atoms with Crippen molar-refractivity contribution < 1.29 is 4.79 Å². The van der Waals surface area contributed by atoms with Gasteiger partial charge in [-0.1, -0.05) is 13.8 Å². The van der Waals surface area contributed by atoms with Crippen LogP contribution in [0.5, 0.6) is 0 Å². The number of hydrogen-bond donors (Lipinski definition) is 1. The maximum absolute atomic E-state index is 11.9. The summed E-state index contributed by atoms with van der Waals surface area (Å²) in [5.74, 6) is 0.444. The lowest BCUT2D eigenvalue weighted by molar-refractivity contribution is -0.132. The van der Waals surface area contributed by atoms with Gasteiger partial charge < -0.3 is 10.6 Å². The summed E-state index contributed by atoms with van der Waals surface area (Å²) >= 11 is 0. The van der Waals surface area contributed by atoms with Crippen LogP contribution in [-0.4, -0.2) is 29.4 Å². The largest absolute Gasteiger partial charge is 0.341 e. The Kier molecular flexibility index (Phi) is 6.05. The van der Waals surface area contributed by atoms with Gasteiger partial charge in [0.2, 0.25) is 5.91 Å². The second kappa shape index (κ2) is 6.49. The Morgan fingerprint density at radius 2 is 2.06 bits per heavy atom. The molecule has 0 bridgehead atoms. The number of nitrogens with zero attached hydrogens (tertiary/aromatic N) is 2. The first-order valence-electron chi connectivity index (χ1n) is 5.70. The summed E-state index contributed by atoms with van der Waals surface area (Å²) < 4.78 is 0. The van der Waals surface area contributed by atoms with Crippen molar-refractivity contribution in [1.82, 2.24) is 4.90 Å². The highest BCUT2D eigenvalue weighted by Gasteiger charge is 2.21. The van der Waals surface area contributed by atoms with E-state index in [0.29, 0.717) is 31.8 Å². The third-order valence-electron chi connectivity index (χ3n) is 2.04. The first-order valence-corrected chi connectivity index (χ1v) is 5.70. The SMILES string of the molecule is CC(C)CN(CCC#N)C(=O)CC(C)(C)N. The Morgan fingerprint density at radius 1 is 1.50 bits per heavy atom. The van der Waals surface area contributed by atoms with Crippen molar-refractivity contribution in [2.75, 3.05) is 13.1 Å². The molecule has 0 spiro atoms. The number of hydrogen-bond acceptors (Lipinski definition) is 3. The standard InChI is InChI=1S/C12H23N3O/c1-10(2)9-15(7-5-6-13)11(16)8-12(3,4)14/h10H,5,7-9,14H2,1-4H3. The lowest BCUT2D eigenvalue weighted by Crippen LogP contribution is -2.42. The van der Waals surface area contributed by atoms with Gasteiger partial charge in [-0.3, -0.25) is 4.79 Å². The molecule has 4 nitrogen and oxygen atoms in total. The monoisotopic (exact) mass is 225 g/mol. The number of carbonyl (C=O) groups excluding carboxylic acids is 1. The second-order valence-corrected chi connectivity index (χ2v) is 5.31. The molecule has 0 radical (unpaired) electrons. The fraction of sp³-hybridized carbons (Fsp3) is 0.833. The molecule has 92 valence electrons. The first-order chi connectivity index (χ1) is 7.26. The molecule has 0 fully saturated rings. The summed E-state index contributed by atoms with van der Waals surface area (Å²) in [7, 11) is 0. The molecule has 0 saturated heterocycles. The van der Waals surface area contributed by atoms with E-state index >= 15 is 0 Å². The van der Waals surface area contributed by atoms with E-state index in [2.05, 4.69) is 19.9 Å². The van der Waals surface area contributed by atoms with Gasteiger partial charge in [-0.15, -0.1) is 0 Å². The predicted molar refractivity (Wildman–Crippen MR) is 64.5 cm³/mol. The van der Waals surface area contributed by atoms with E-state index in [4.69, 9.17) is 11.0 Å². The van der Waals surface area contributed by atoms with Crippen LogP contribution in [0, 0.1) is 17.2 Å². The summed E-state index contributed by atoms with van der Waals surface area (Å²) in [4.78, 5) is 13.7. The molecular weight excluding hydrogens is 202 g/mol. The summed E-state index contributed by atoms with van der Waals surface area (Å²) in [5.41, 5.74) is 5.33. The molecule has 16 heavy (non-hydrogen) atoms. The van der Waals surface area contributed by atoms with Crippen molar-refractivity contribution in [2.45, 2.75) is 46.1 Å². The van der Waals surface area contributed by atoms with Crippen LogP contribution < -0.4 is 5.73 Å². The molecule has 0 aromatic rings. The van der Waals surface area contributed by atoms with Gasteiger partial charge in [-0.2, -0.15) is 5.26 Å². The summed E-state index contributed by atoms with van der Waals surface area (Å²) in [6.07, 6.45) is 0.703. The Labute approximate surface area is 98.4 Å². The molecule has 0 rings (SSSR count).